The second-order valence-electron chi connectivity index (χ2n) is 6.80. The standard InChI is InChI=1S/C17H23N3O3/c1-20-17(23-6-5-22-2)14(9-18-20)16(21)19-15-10-3-4-12-11(7-10)8-13(12)15/h4,9-11,13,15H,3,5-8H2,1-2H3,(H,19,21). The summed E-state index contributed by atoms with van der Waals surface area (Å²) in [5.74, 6) is 2.39. The Labute approximate surface area is 135 Å². The Morgan fingerprint density at radius 1 is 1.43 bits per heavy atom. The van der Waals surface area contributed by atoms with Gasteiger partial charge in [0, 0.05) is 26.1 Å². The molecular weight excluding hydrogens is 294 g/mol. The lowest BCUT2D eigenvalue weighted by Gasteiger charge is -2.56. The van der Waals surface area contributed by atoms with Crippen LogP contribution in [-0.2, 0) is 11.8 Å². The lowest BCUT2D eigenvalue weighted by atomic mass is 9.51. The molecule has 2 saturated carbocycles. The Morgan fingerprint density at radius 2 is 2.30 bits per heavy atom. The van der Waals surface area contributed by atoms with E-state index in [1.165, 1.54) is 12.8 Å². The summed E-state index contributed by atoms with van der Waals surface area (Å²) >= 11 is 0. The molecule has 0 aliphatic heterocycles. The van der Waals surface area contributed by atoms with Crippen LogP contribution in [0.4, 0.5) is 0 Å². The predicted molar refractivity (Wildman–Crippen MR) is 84.2 cm³/mol. The Kier molecular flexibility index (Phi) is 3.64. The van der Waals surface area contributed by atoms with E-state index < -0.39 is 0 Å². The number of allylic oxidation sites excluding steroid dienone is 1. The van der Waals surface area contributed by atoms with Crippen LogP contribution in [0.3, 0.4) is 0 Å². The van der Waals surface area contributed by atoms with Crippen LogP contribution in [0, 0.1) is 17.8 Å². The van der Waals surface area contributed by atoms with Gasteiger partial charge < -0.3 is 14.8 Å². The van der Waals surface area contributed by atoms with Crippen LogP contribution in [0.5, 0.6) is 5.88 Å². The summed E-state index contributed by atoms with van der Waals surface area (Å²) < 4.78 is 12.3. The molecule has 4 unspecified atom stereocenters. The molecule has 6 heteroatoms. The summed E-state index contributed by atoms with van der Waals surface area (Å²) in [6.07, 6.45) is 7.56. The molecule has 4 bridgehead atoms. The van der Waals surface area contributed by atoms with Gasteiger partial charge in [-0.25, -0.2) is 4.68 Å². The summed E-state index contributed by atoms with van der Waals surface area (Å²) in [5, 5.41) is 7.42. The number of hydrogen-bond acceptors (Lipinski definition) is 4. The Morgan fingerprint density at radius 3 is 3.00 bits per heavy atom. The van der Waals surface area contributed by atoms with Crippen molar-refractivity contribution < 1.29 is 14.3 Å². The van der Waals surface area contributed by atoms with Crippen molar-refractivity contribution in [1.29, 1.82) is 0 Å². The predicted octanol–water partition coefficient (Wildman–Crippen LogP) is 1.53. The van der Waals surface area contributed by atoms with Crippen molar-refractivity contribution in [2.45, 2.75) is 25.3 Å². The van der Waals surface area contributed by atoms with E-state index in [0.717, 1.165) is 12.3 Å². The minimum Gasteiger partial charge on any atom is -0.475 e. The van der Waals surface area contributed by atoms with Gasteiger partial charge in [0.2, 0.25) is 5.88 Å². The molecule has 5 rings (SSSR count). The topological polar surface area (TPSA) is 65.4 Å². The highest BCUT2D eigenvalue weighted by atomic mass is 16.5. The quantitative estimate of drug-likeness (QED) is 0.638. The average Bonchev–Trinajstić information content (AvgIpc) is 2.89. The highest BCUT2D eigenvalue weighted by Gasteiger charge is 2.52. The van der Waals surface area contributed by atoms with Crippen molar-refractivity contribution in [2.75, 3.05) is 20.3 Å². The fraction of sp³-hybridized carbons (Fsp3) is 0.647. The van der Waals surface area contributed by atoms with E-state index in [0.29, 0.717) is 36.5 Å². The van der Waals surface area contributed by atoms with E-state index in [1.54, 1.807) is 30.6 Å². The number of amides is 1. The maximum Gasteiger partial charge on any atom is 0.258 e. The van der Waals surface area contributed by atoms with Crippen molar-refractivity contribution >= 4 is 5.91 Å². The third-order valence-electron chi connectivity index (χ3n) is 5.58. The van der Waals surface area contributed by atoms with Crippen LogP contribution < -0.4 is 10.1 Å². The number of hydrogen-bond donors (Lipinski definition) is 1. The van der Waals surface area contributed by atoms with Crippen LogP contribution in [0.15, 0.2) is 17.8 Å². The second kappa shape index (κ2) is 5.67. The normalized spacial score (nSPS) is 30.6. The molecule has 1 heterocycles. The number of aromatic nitrogens is 2. The molecule has 23 heavy (non-hydrogen) atoms. The van der Waals surface area contributed by atoms with E-state index in [-0.39, 0.29) is 11.9 Å². The fourth-order valence-electron chi connectivity index (χ4n) is 4.42. The molecule has 124 valence electrons. The molecule has 1 aromatic heterocycles. The van der Waals surface area contributed by atoms with Crippen LogP contribution in [0.25, 0.3) is 0 Å². The van der Waals surface area contributed by atoms with Crippen LogP contribution in [0.2, 0.25) is 0 Å². The number of rotatable bonds is 6. The van der Waals surface area contributed by atoms with E-state index in [2.05, 4.69) is 16.5 Å². The molecular formula is C17H23N3O3. The van der Waals surface area contributed by atoms with Gasteiger partial charge in [-0.1, -0.05) is 11.6 Å². The number of methoxy groups -OCH3 is 1. The minimum atomic E-state index is -0.0767. The summed E-state index contributed by atoms with van der Waals surface area (Å²) in [6, 6.07) is 0.277. The molecule has 0 aromatic carbocycles. The molecule has 1 aromatic rings. The largest absolute Gasteiger partial charge is 0.475 e. The molecule has 4 aliphatic carbocycles. The van der Waals surface area contributed by atoms with Crippen molar-refractivity contribution in [3.63, 3.8) is 0 Å². The molecule has 1 N–H and O–H groups in total. The van der Waals surface area contributed by atoms with Gasteiger partial charge in [0.1, 0.15) is 12.2 Å². The van der Waals surface area contributed by atoms with Crippen molar-refractivity contribution in [3.05, 3.63) is 23.4 Å². The van der Waals surface area contributed by atoms with Crippen molar-refractivity contribution in [1.82, 2.24) is 15.1 Å². The maximum absolute atomic E-state index is 12.7. The van der Waals surface area contributed by atoms with Gasteiger partial charge >= 0.3 is 0 Å². The number of nitrogens with one attached hydrogen (secondary N) is 1. The van der Waals surface area contributed by atoms with Gasteiger partial charge in [-0.05, 0) is 31.1 Å². The first-order chi connectivity index (χ1) is 11.2. The summed E-state index contributed by atoms with van der Waals surface area (Å²) in [4.78, 5) is 12.7. The summed E-state index contributed by atoms with van der Waals surface area (Å²) in [7, 11) is 3.40. The minimum absolute atomic E-state index is 0.0767. The number of nitrogens with zero attached hydrogens (tertiary/aromatic N) is 2. The first-order valence-electron chi connectivity index (χ1n) is 8.33. The third kappa shape index (κ3) is 2.36. The van der Waals surface area contributed by atoms with E-state index >= 15 is 0 Å². The Bertz CT molecular complexity index is 652. The molecule has 1 amide bonds. The molecule has 4 atom stereocenters. The smallest absolute Gasteiger partial charge is 0.258 e. The lowest BCUT2D eigenvalue weighted by molar-refractivity contribution is 0.0623. The SMILES string of the molecule is COCCOc1c(C(=O)NC2C3CC=C4C(C3)CC42)cnn1C. The van der Waals surface area contributed by atoms with Crippen LogP contribution >= 0.6 is 0 Å². The number of carbonyl (C=O) groups excluding carboxylic acids is 1. The fourth-order valence-corrected chi connectivity index (χ4v) is 4.42. The van der Waals surface area contributed by atoms with Crippen LogP contribution in [-0.4, -0.2) is 42.1 Å². The summed E-state index contributed by atoms with van der Waals surface area (Å²) in [5.41, 5.74) is 2.09. The molecule has 4 aliphatic rings. The number of ether oxygens (including phenoxy) is 2. The molecule has 6 nitrogen and oxygen atoms in total. The van der Waals surface area contributed by atoms with E-state index in [1.807, 2.05) is 0 Å². The maximum atomic E-state index is 12.7. The highest BCUT2D eigenvalue weighted by molar-refractivity contribution is 5.96. The van der Waals surface area contributed by atoms with Crippen LogP contribution in [0.1, 0.15) is 29.6 Å². The van der Waals surface area contributed by atoms with Crippen molar-refractivity contribution in [3.8, 4) is 5.88 Å². The molecule has 2 fully saturated rings. The summed E-state index contributed by atoms with van der Waals surface area (Å²) in [6.45, 7) is 0.883. The molecule has 0 spiro atoms. The lowest BCUT2D eigenvalue weighted by Crippen LogP contribution is -2.58. The average molecular weight is 317 g/mol. The third-order valence-corrected chi connectivity index (χ3v) is 5.58. The first kappa shape index (κ1) is 14.8. The zero-order valence-corrected chi connectivity index (χ0v) is 13.6. The Balaban J connectivity index is 1.46. The number of carbonyl (C=O) groups is 1. The van der Waals surface area contributed by atoms with Gasteiger partial charge in [0.25, 0.3) is 5.91 Å². The zero-order chi connectivity index (χ0) is 16.0. The number of aryl methyl sites for hydroxylation is 1. The first-order valence-corrected chi connectivity index (χ1v) is 8.33. The van der Waals surface area contributed by atoms with Gasteiger partial charge in [-0.3, -0.25) is 4.79 Å². The van der Waals surface area contributed by atoms with Gasteiger partial charge in [-0.2, -0.15) is 5.10 Å². The molecule has 0 radical (unpaired) electrons. The van der Waals surface area contributed by atoms with Gasteiger partial charge in [0.05, 0.1) is 12.8 Å². The monoisotopic (exact) mass is 317 g/mol. The van der Waals surface area contributed by atoms with E-state index in [4.69, 9.17) is 9.47 Å². The van der Waals surface area contributed by atoms with Crippen molar-refractivity contribution in [2.24, 2.45) is 24.8 Å². The van der Waals surface area contributed by atoms with E-state index in [9.17, 15) is 4.79 Å². The molecule has 0 saturated heterocycles. The van der Waals surface area contributed by atoms with Gasteiger partial charge in [-0.15, -0.1) is 0 Å². The second-order valence-corrected chi connectivity index (χ2v) is 6.80. The highest BCUT2D eigenvalue weighted by Crippen LogP contribution is 2.56. The number of fused-ring (bicyclic) bond motifs is 1. The zero-order valence-electron chi connectivity index (χ0n) is 13.6. The van der Waals surface area contributed by atoms with Gasteiger partial charge in [0.15, 0.2) is 0 Å². The Hall–Kier alpha value is -1.82.